The average molecular weight is 1340 g/mol. The van der Waals surface area contributed by atoms with Crippen molar-refractivity contribution in [3.63, 3.8) is 0 Å². The average Bonchev–Trinajstić information content (AvgIpc) is 1.59. The first kappa shape index (κ1) is 71.7. The molecule has 3 aliphatic rings. The molecule has 0 N–H and O–H groups in total. The maximum Gasteiger partial charge on any atom is 0.207 e. The van der Waals surface area contributed by atoms with Crippen molar-refractivity contribution in [1.82, 2.24) is 0 Å². The van der Waals surface area contributed by atoms with E-state index in [1.165, 1.54) is 44.5 Å². The topological polar surface area (TPSA) is 89.5 Å². The summed E-state index contributed by atoms with van der Waals surface area (Å²) in [6.07, 6.45) is 17.3. The van der Waals surface area contributed by atoms with E-state index in [2.05, 4.69) is 162 Å². The third-order valence-electron chi connectivity index (χ3n) is 19.5. The number of fused-ring (bicyclic) bond motifs is 9. The molecule has 2 aliphatic carbocycles. The van der Waals surface area contributed by atoms with E-state index in [4.69, 9.17) is 28.4 Å². The van der Waals surface area contributed by atoms with Crippen LogP contribution >= 0.6 is 0 Å². The first-order chi connectivity index (χ1) is 48.5. The maximum absolute atomic E-state index is 14.2. The van der Waals surface area contributed by atoms with Gasteiger partial charge >= 0.3 is 0 Å². The molecule has 11 rings (SSSR count). The van der Waals surface area contributed by atoms with E-state index in [1.54, 1.807) is 12.1 Å². The molecule has 0 aromatic heterocycles. The summed E-state index contributed by atoms with van der Waals surface area (Å²) in [6, 6.07) is 53.9. The van der Waals surface area contributed by atoms with Crippen LogP contribution in [-0.2, 0) is 39.6 Å². The molecule has 9 heteroatoms. The highest BCUT2D eigenvalue weighted by molar-refractivity contribution is 7.92. The van der Waals surface area contributed by atoms with Crippen LogP contribution in [0.4, 0.5) is 0 Å². The maximum atomic E-state index is 14.2. The molecule has 0 spiro atoms. The van der Waals surface area contributed by atoms with Gasteiger partial charge < -0.3 is 28.4 Å². The van der Waals surface area contributed by atoms with Gasteiger partial charge in [0.1, 0.15) is 24.7 Å². The van der Waals surface area contributed by atoms with Gasteiger partial charge in [0, 0.05) is 79.7 Å². The van der Waals surface area contributed by atoms with Crippen LogP contribution in [-0.4, -0.2) is 74.5 Å². The normalized spacial score (nSPS) is 13.4. The number of rotatable bonds is 32. The van der Waals surface area contributed by atoms with Gasteiger partial charge in [0.15, 0.2) is 0 Å². The minimum absolute atomic E-state index is 0.183. The molecule has 8 aromatic carbocycles. The Morgan fingerprint density at radius 2 is 0.525 bits per heavy atom. The molecule has 0 atom stereocenters. The van der Waals surface area contributed by atoms with Gasteiger partial charge in [-0.3, -0.25) is 0 Å². The van der Waals surface area contributed by atoms with E-state index >= 15 is 0 Å². The second-order valence-electron chi connectivity index (χ2n) is 26.4. The fraction of sp³-hybridized carbons (Fsp3) is 0.378. The van der Waals surface area contributed by atoms with E-state index in [9.17, 15) is 8.42 Å². The zero-order chi connectivity index (χ0) is 68.9. The Labute approximate surface area is 590 Å². The third kappa shape index (κ3) is 17.2. The molecule has 0 saturated carbocycles. The van der Waals surface area contributed by atoms with E-state index in [-0.39, 0.29) is 10.8 Å². The standard InChI is InChI=1S/C90H96O8S/c1-7-13-47-89(48-14-8-2)83-63-71(21-19-67-27-37-75(38-28-67)97-59-57-95-55-53-93-51-17-11-5)31-41-77(83)79-43-33-73(65-85(79)89)25-23-69-35-45-87-81(61-69)82-62-70(36-46-88(82)99(87,91)92)24-26-74-34-44-80-78-42-32-72(64-84(78)90(49-15-9-3,50-16-10-4)86(80)66-74)22-20-68-29-39-76(40-30-68)98-60-58-96-56-54-94-52-18-12-6/h27-46,61-66H,7-18,47-60H2,1-6H3. The quantitative estimate of drug-likeness (QED) is 0.0304. The van der Waals surface area contributed by atoms with Crippen LogP contribution in [0.2, 0.25) is 0 Å². The Hall–Kier alpha value is -8.61. The molecule has 8 aromatic rings. The van der Waals surface area contributed by atoms with Crippen LogP contribution in [0, 0.1) is 47.4 Å². The molecule has 99 heavy (non-hydrogen) atoms. The molecular formula is C90H96O8S. The fourth-order valence-corrected chi connectivity index (χ4v) is 15.8. The lowest BCUT2D eigenvalue weighted by atomic mass is 9.70. The van der Waals surface area contributed by atoms with Crippen molar-refractivity contribution in [3.8, 4) is 92.2 Å². The zero-order valence-corrected chi connectivity index (χ0v) is 59.9. The number of hydrogen-bond donors (Lipinski definition) is 0. The molecule has 1 aliphatic heterocycles. The second-order valence-corrected chi connectivity index (χ2v) is 28.3. The van der Waals surface area contributed by atoms with Crippen LogP contribution in [0.3, 0.4) is 0 Å². The van der Waals surface area contributed by atoms with Gasteiger partial charge in [-0.05, 0) is 216 Å². The minimum Gasteiger partial charge on any atom is -0.491 e. The molecule has 0 radical (unpaired) electrons. The lowest BCUT2D eigenvalue weighted by Gasteiger charge is -2.33. The Kier molecular flexibility index (Phi) is 25.3. The second kappa shape index (κ2) is 34.9. The van der Waals surface area contributed by atoms with Gasteiger partial charge in [0.25, 0.3) is 0 Å². The summed E-state index contributed by atoms with van der Waals surface area (Å²) in [5.41, 5.74) is 18.5. The van der Waals surface area contributed by atoms with Crippen molar-refractivity contribution in [2.75, 3.05) is 66.1 Å². The van der Waals surface area contributed by atoms with Crippen LogP contribution in [0.5, 0.6) is 11.5 Å². The van der Waals surface area contributed by atoms with Crippen molar-refractivity contribution in [1.29, 1.82) is 0 Å². The highest BCUT2D eigenvalue weighted by Gasteiger charge is 2.44. The molecule has 0 saturated heterocycles. The number of unbranched alkanes of at least 4 members (excludes halogenated alkanes) is 6. The van der Waals surface area contributed by atoms with Crippen molar-refractivity contribution >= 4 is 9.84 Å². The highest BCUT2D eigenvalue weighted by atomic mass is 32.2. The van der Waals surface area contributed by atoms with Crippen LogP contribution in [0.15, 0.2) is 168 Å². The number of benzene rings is 8. The van der Waals surface area contributed by atoms with Gasteiger partial charge in [-0.25, -0.2) is 8.42 Å². The molecule has 0 bridgehead atoms. The van der Waals surface area contributed by atoms with Gasteiger partial charge in [0.2, 0.25) is 9.84 Å². The summed E-state index contributed by atoms with van der Waals surface area (Å²) in [4.78, 5) is 0.590. The van der Waals surface area contributed by atoms with Crippen LogP contribution < -0.4 is 9.47 Å². The number of hydrogen-bond acceptors (Lipinski definition) is 8. The van der Waals surface area contributed by atoms with E-state index < -0.39 is 9.84 Å². The predicted octanol–water partition coefficient (Wildman–Crippen LogP) is 19.8. The van der Waals surface area contributed by atoms with Crippen molar-refractivity contribution in [2.24, 2.45) is 0 Å². The Bertz CT molecular complexity index is 4180. The van der Waals surface area contributed by atoms with E-state index in [0.29, 0.717) is 73.8 Å². The predicted molar refractivity (Wildman–Crippen MR) is 402 cm³/mol. The number of sulfone groups is 1. The summed E-state index contributed by atoms with van der Waals surface area (Å²) in [5.74, 6) is 29.5. The monoisotopic (exact) mass is 1340 g/mol. The fourth-order valence-electron chi connectivity index (χ4n) is 14.2. The van der Waals surface area contributed by atoms with E-state index in [0.717, 1.165) is 172 Å². The molecule has 0 amide bonds. The summed E-state index contributed by atoms with van der Waals surface area (Å²) < 4.78 is 62.8. The summed E-state index contributed by atoms with van der Waals surface area (Å²) in [5, 5.41) is 0. The summed E-state index contributed by atoms with van der Waals surface area (Å²) >= 11 is 0. The molecule has 0 unspecified atom stereocenters. The largest absolute Gasteiger partial charge is 0.491 e. The lowest BCUT2D eigenvalue weighted by molar-refractivity contribution is 0.0356. The van der Waals surface area contributed by atoms with Gasteiger partial charge in [-0.15, -0.1) is 0 Å². The third-order valence-corrected chi connectivity index (χ3v) is 21.4. The molecule has 510 valence electrons. The lowest BCUT2D eigenvalue weighted by Crippen LogP contribution is -2.25. The molecule has 1 heterocycles. The van der Waals surface area contributed by atoms with Gasteiger partial charge in [-0.2, -0.15) is 0 Å². The Morgan fingerprint density at radius 3 is 0.828 bits per heavy atom. The Balaban J connectivity index is 0.798. The summed E-state index contributed by atoms with van der Waals surface area (Å²) in [7, 11) is -3.75. The van der Waals surface area contributed by atoms with E-state index in [1.807, 2.05) is 72.8 Å². The van der Waals surface area contributed by atoms with Crippen LogP contribution in [0.1, 0.15) is 211 Å². The molecular weight excluding hydrogens is 1240 g/mol. The molecule has 8 nitrogen and oxygen atoms in total. The Morgan fingerprint density at radius 1 is 0.273 bits per heavy atom. The minimum atomic E-state index is -3.75. The van der Waals surface area contributed by atoms with Crippen molar-refractivity contribution < 1.29 is 36.8 Å². The first-order valence-corrected chi connectivity index (χ1v) is 38.0. The van der Waals surface area contributed by atoms with Crippen molar-refractivity contribution in [2.45, 2.75) is 165 Å². The van der Waals surface area contributed by atoms with Crippen LogP contribution in [0.25, 0.3) is 33.4 Å². The highest BCUT2D eigenvalue weighted by Crippen LogP contribution is 2.56. The van der Waals surface area contributed by atoms with Crippen molar-refractivity contribution in [3.05, 3.63) is 224 Å². The van der Waals surface area contributed by atoms with Gasteiger partial charge in [0.05, 0.1) is 49.4 Å². The summed E-state index contributed by atoms with van der Waals surface area (Å²) in [6.45, 7) is 19.3. The smallest absolute Gasteiger partial charge is 0.207 e. The number of ether oxygens (including phenoxy) is 6. The first-order valence-electron chi connectivity index (χ1n) is 36.5. The zero-order valence-electron chi connectivity index (χ0n) is 59.1. The molecule has 0 fully saturated rings. The SMILES string of the molecule is CCCCOCCOCCOc1ccc(C#Cc2ccc3c(c2)C(CCCC)(CCCC)c2cc(C#Cc4ccc5c(c4)-c4cc(C#Cc6ccc7c(c6)C(CCCC)(CCCC)c6cc(C#Cc8ccc(OCCOCCOCCCC)cc8)ccc6-7)ccc4S5(=O)=O)ccc2-3)cc1. The van der Waals surface area contributed by atoms with Gasteiger partial charge in [-0.1, -0.05) is 177 Å².